The van der Waals surface area contributed by atoms with Gasteiger partial charge in [-0.3, -0.25) is 9.59 Å². The highest BCUT2D eigenvalue weighted by atomic mass is 16.2. The fourth-order valence-electron chi connectivity index (χ4n) is 4.93. The van der Waals surface area contributed by atoms with Crippen molar-refractivity contribution in [3.05, 3.63) is 36.5 Å². The Kier molecular flexibility index (Phi) is 3.99. The van der Waals surface area contributed by atoms with E-state index in [0.29, 0.717) is 25.5 Å². The molecule has 5 nitrogen and oxygen atoms in total. The summed E-state index contributed by atoms with van der Waals surface area (Å²) in [5, 5.41) is 1.15. The third-order valence-corrected chi connectivity index (χ3v) is 6.69. The number of nitrogens with zero attached hydrogens (tertiary/aromatic N) is 3. The summed E-state index contributed by atoms with van der Waals surface area (Å²) >= 11 is 0. The lowest BCUT2D eigenvalue weighted by atomic mass is 9.78. The van der Waals surface area contributed by atoms with Gasteiger partial charge in [0.05, 0.1) is 5.41 Å². The largest absolute Gasteiger partial charge is 0.342 e. The predicted octanol–water partition coefficient (Wildman–Crippen LogP) is 2.89. The molecule has 3 heterocycles. The lowest BCUT2D eigenvalue weighted by Crippen LogP contribution is -2.51. The van der Waals surface area contributed by atoms with Gasteiger partial charge in [-0.1, -0.05) is 18.2 Å². The van der Waals surface area contributed by atoms with Gasteiger partial charge in [-0.2, -0.15) is 0 Å². The average molecular weight is 365 g/mol. The Morgan fingerprint density at radius 3 is 2.81 bits per heavy atom. The maximum atomic E-state index is 13.2. The first-order valence-electron chi connectivity index (χ1n) is 10.3. The number of benzene rings is 1. The zero-order valence-corrected chi connectivity index (χ0v) is 15.8. The van der Waals surface area contributed by atoms with Crippen molar-refractivity contribution in [2.24, 2.45) is 11.3 Å². The fourth-order valence-corrected chi connectivity index (χ4v) is 4.93. The first kappa shape index (κ1) is 16.8. The van der Waals surface area contributed by atoms with Crippen molar-refractivity contribution in [2.45, 2.75) is 38.6 Å². The van der Waals surface area contributed by atoms with Crippen LogP contribution in [0.3, 0.4) is 0 Å². The number of likely N-dealkylation sites (tertiary alicyclic amines) is 2. The van der Waals surface area contributed by atoms with E-state index in [0.717, 1.165) is 49.2 Å². The van der Waals surface area contributed by atoms with Crippen molar-refractivity contribution in [3.63, 3.8) is 0 Å². The second kappa shape index (κ2) is 6.39. The molecule has 2 amide bonds. The van der Waals surface area contributed by atoms with Crippen LogP contribution in [0.2, 0.25) is 0 Å². The molecular weight excluding hydrogens is 338 g/mol. The van der Waals surface area contributed by atoms with Crippen molar-refractivity contribution >= 4 is 22.7 Å². The molecule has 0 radical (unpaired) electrons. The smallest absolute Gasteiger partial charge is 0.242 e. The summed E-state index contributed by atoms with van der Waals surface area (Å²) in [6, 6.07) is 10.2. The minimum Gasteiger partial charge on any atom is -0.342 e. The summed E-state index contributed by atoms with van der Waals surface area (Å²) in [5.74, 6) is 1.16. The fraction of sp³-hybridized carbons (Fsp3) is 0.545. The molecular formula is C22H27N3O2. The standard InChI is InChI=1S/C22H27N3O2/c26-20(15-23-12-8-18-4-1-2-5-19(18)23)25-13-10-22(16-25)9-3-11-24(21(22)27)14-17-6-7-17/h1-2,4-5,8,12,17H,3,6-7,9-11,13-16H2. The van der Waals surface area contributed by atoms with E-state index < -0.39 is 0 Å². The predicted molar refractivity (Wildman–Crippen MR) is 104 cm³/mol. The third-order valence-electron chi connectivity index (χ3n) is 6.69. The van der Waals surface area contributed by atoms with Crippen LogP contribution in [-0.4, -0.2) is 52.4 Å². The van der Waals surface area contributed by atoms with E-state index in [1.807, 2.05) is 27.8 Å². The maximum absolute atomic E-state index is 13.2. The number of fused-ring (bicyclic) bond motifs is 1. The van der Waals surface area contributed by atoms with Gasteiger partial charge in [0.15, 0.2) is 0 Å². The molecule has 1 aromatic heterocycles. The summed E-state index contributed by atoms with van der Waals surface area (Å²) in [6.07, 6.45) is 7.35. The Morgan fingerprint density at radius 2 is 1.96 bits per heavy atom. The molecule has 1 spiro atoms. The SMILES string of the molecule is O=C(Cn1ccc2ccccc21)N1CCC2(CCCN(CC3CC3)C2=O)C1. The van der Waals surface area contributed by atoms with Gasteiger partial charge < -0.3 is 14.4 Å². The van der Waals surface area contributed by atoms with Crippen LogP contribution in [0.25, 0.3) is 10.9 Å². The molecule has 3 aliphatic rings. The molecule has 1 atom stereocenters. The van der Waals surface area contributed by atoms with Crippen LogP contribution < -0.4 is 0 Å². The first-order chi connectivity index (χ1) is 13.1. The van der Waals surface area contributed by atoms with Gasteiger partial charge >= 0.3 is 0 Å². The van der Waals surface area contributed by atoms with E-state index in [2.05, 4.69) is 23.1 Å². The number of carbonyl (C=O) groups excluding carboxylic acids is 2. The molecule has 2 saturated heterocycles. The quantitative estimate of drug-likeness (QED) is 0.836. The van der Waals surface area contributed by atoms with Crippen LogP contribution in [0.5, 0.6) is 0 Å². The lowest BCUT2D eigenvalue weighted by molar-refractivity contribution is -0.146. The van der Waals surface area contributed by atoms with Gasteiger partial charge in [0, 0.05) is 37.9 Å². The molecule has 2 aromatic rings. The number of amides is 2. The number of carbonyl (C=O) groups is 2. The molecule has 1 aromatic carbocycles. The first-order valence-corrected chi connectivity index (χ1v) is 10.3. The third kappa shape index (κ3) is 3.03. The van der Waals surface area contributed by atoms with E-state index in [4.69, 9.17) is 0 Å². The molecule has 142 valence electrons. The number of piperidine rings is 1. The minimum atomic E-state index is -0.318. The zero-order chi connectivity index (χ0) is 18.4. The van der Waals surface area contributed by atoms with Crippen molar-refractivity contribution < 1.29 is 9.59 Å². The van der Waals surface area contributed by atoms with E-state index >= 15 is 0 Å². The van der Waals surface area contributed by atoms with Crippen LogP contribution in [0.1, 0.15) is 32.1 Å². The van der Waals surface area contributed by atoms with Crippen molar-refractivity contribution in [1.29, 1.82) is 0 Å². The number of rotatable bonds is 4. The summed E-state index contributed by atoms with van der Waals surface area (Å²) < 4.78 is 2.02. The second-order valence-corrected chi connectivity index (χ2v) is 8.65. The highest BCUT2D eigenvalue weighted by Gasteiger charge is 2.49. The van der Waals surface area contributed by atoms with Crippen LogP contribution >= 0.6 is 0 Å². The normalized spacial score (nSPS) is 25.7. The van der Waals surface area contributed by atoms with Gasteiger partial charge in [-0.05, 0) is 55.5 Å². The monoisotopic (exact) mass is 365 g/mol. The molecule has 5 rings (SSSR count). The van der Waals surface area contributed by atoms with Gasteiger partial charge in [0.25, 0.3) is 0 Å². The van der Waals surface area contributed by atoms with Crippen molar-refractivity contribution in [2.75, 3.05) is 26.2 Å². The topological polar surface area (TPSA) is 45.6 Å². The van der Waals surface area contributed by atoms with Gasteiger partial charge in [0.1, 0.15) is 6.54 Å². The van der Waals surface area contributed by atoms with Crippen LogP contribution in [0, 0.1) is 11.3 Å². The number of para-hydroxylation sites is 1. The molecule has 5 heteroatoms. The van der Waals surface area contributed by atoms with Crippen molar-refractivity contribution in [3.8, 4) is 0 Å². The maximum Gasteiger partial charge on any atom is 0.242 e. The molecule has 27 heavy (non-hydrogen) atoms. The molecule has 1 unspecified atom stereocenters. The Bertz CT molecular complexity index is 885. The Labute approximate surface area is 159 Å². The van der Waals surface area contributed by atoms with Crippen LogP contribution in [0.15, 0.2) is 36.5 Å². The summed E-state index contributed by atoms with van der Waals surface area (Å²) in [4.78, 5) is 30.1. The van der Waals surface area contributed by atoms with E-state index in [9.17, 15) is 9.59 Å². The Morgan fingerprint density at radius 1 is 1.11 bits per heavy atom. The summed E-state index contributed by atoms with van der Waals surface area (Å²) in [7, 11) is 0. The molecule has 0 bridgehead atoms. The molecule has 2 aliphatic heterocycles. The highest BCUT2D eigenvalue weighted by molar-refractivity contribution is 5.87. The summed E-state index contributed by atoms with van der Waals surface area (Å²) in [5.41, 5.74) is 0.769. The molecule has 1 saturated carbocycles. The average Bonchev–Trinajstić information content (AvgIpc) is 3.25. The molecule has 0 N–H and O–H groups in total. The van der Waals surface area contributed by atoms with Gasteiger partial charge in [-0.25, -0.2) is 0 Å². The molecule has 1 aliphatic carbocycles. The summed E-state index contributed by atoms with van der Waals surface area (Å²) in [6.45, 7) is 3.50. The van der Waals surface area contributed by atoms with Gasteiger partial charge in [0.2, 0.25) is 11.8 Å². The minimum absolute atomic E-state index is 0.125. The van der Waals surface area contributed by atoms with Crippen LogP contribution in [-0.2, 0) is 16.1 Å². The van der Waals surface area contributed by atoms with E-state index in [1.165, 1.54) is 12.8 Å². The van der Waals surface area contributed by atoms with Gasteiger partial charge in [-0.15, -0.1) is 0 Å². The second-order valence-electron chi connectivity index (χ2n) is 8.65. The highest BCUT2D eigenvalue weighted by Crippen LogP contribution is 2.41. The Hall–Kier alpha value is -2.30. The zero-order valence-electron chi connectivity index (χ0n) is 15.8. The van der Waals surface area contributed by atoms with E-state index in [-0.39, 0.29) is 11.3 Å². The lowest BCUT2D eigenvalue weighted by Gasteiger charge is -2.39. The number of hydrogen-bond acceptors (Lipinski definition) is 2. The van der Waals surface area contributed by atoms with Crippen LogP contribution in [0.4, 0.5) is 0 Å². The number of hydrogen-bond donors (Lipinski definition) is 0. The Balaban J connectivity index is 1.28. The molecule has 3 fully saturated rings. The number of aromatic nitrogens is 1. The van der Waals surface area contributed by atoms with E-state index in [1.54, 1.807) is 0 Å². The van der Waals surface area contributed by atoms with Crippen molar-refractivity contribution in [1.82, 2.24) is 14.4 Å².